The number of carbonyl (C=O) groups excluding carboxylic acids is 1. The number of nitrogens with one attached hydrogen (secondary N) is 2. The lowest BCUT2D eigenvalue weighted by atomic mass is 9.90. The molecule has 112 valence electrons. The van der Waals surface area contributed by atoms with Crippen molar-refractivity contribution in [2.24, 2.45) is 5.92 Å². The third-order valence-corrected chi connectivity index (χ3v) is 3.99. The van der Waals surface area contributed by atoms with Gasteiger partial charge in [0.05, 0.1) is 30.5 Å². The molecule has 1 amide bonds. The van der Waals surface area contributed by atoms with Gasteiger partial charge in [-0.15, -0.1) is 0 Å². The van der Waals surface area contributed by atoms with Gasteiger partial charge in [-0.05, 0) is 37.4 Å². The van der Waals surface area contributed by atoms with Gasteiger partial charge in [0.25, 0.3) is 0 Å². The second-order valence-corrected chi connectivity index (χ2v) is 5.32. The highest BCUT2D eigenvalue weighted by atomic mass is 16.5. The highest BCUT2D eigenvalue weighted by Crippen LogP contribution is 2.26. The van der Waals surface area contributed by atoms with Crippen molar-refractivity contribution in [3.8, 4) is 11.8 Å². The maximum absolute atomic E-state index is 12.4. The van der Waals surface area contributed by atoms with E-state index in [1.165, 1.54) is 7.11 Å². The van der Waals surface area contributed by atoms with E-state index < -0.39 is 0 Å². The molecule has 21 heavy (non-hydrogen) atoms. The summed E-state index contributed by atoms with van der Waals surface area (Å²) in [5.74, 6) is 1.06. The second-order valence-electron chi connectivity index (χ2n) is 5.32. The zero-order valence-electron chi connectivity index (χ0n) is 12.5. The number of piperidine rings is 1. The molecule has 1 heterocycles. The molecule has 5 nitrogen and oxygen atoms in total. The van der Waals surface area contributed by atoms with Crippen molar-refractivity contribution in [3.05, 3.63) is 23.8 Å². The SMILES string of the molecule is CCC1CCNC(C(=O)Nc2ccc(C#N)cc2OC)C1. The molecule has 2 N–H and O–H groups in total. The van der Waals surface area contributed by atoms with Crippen molar-refractivity contribution in [2.45, 2.75) is 32.2 Å². The molecule has 2 unspecified atom stereocenters. The maximum Gasteiger partial charge on any atom is 0.241 e. The highest BCUT2D eigenvalue weighted by molar-refractivity contribution is 5.96. The Labute approximate surface area is 125 Å². The lowest BCUT2D eigenvalue weighted by Crippen LogP contribution is -2.46. The summed E-state index contributed by atoms with van der Waals surface area (Å²) in [7, 11) is 1.53. The Morgan fingerprint density at radius 1 is 1.57 bits per heavy atom. The Morgan fingerprint density at radius 2 is 2.38 bits per heavy atom. The molecule has 0 aromatic heterocycles. The summed E-state index contributed by atoms with van der Waals surface area (Å²) in [5, 5.41) is 15.0. The molecule has 0 bridgehead atoms. The van der Waals surface area contributed by atoms with Gasteiger partial charge in [-0.2, -0.15) is 5.26 Å². The van der Waals surface area contributed by atoms with E-state index >= 15 is 0 Å². The Morgan fingerprint density at radius 3 is 3.05 bits per heavy atom. The summed E-state index contributed by atoms with van der Waals surface area (Å²) in [6.45, 7) is 3.04. The summed E-state index contributed by atoms with van der Waals surface area (Å²) >= 11 is 0. The Hall–Kier alpha value is -2.06. The van der Waals surface area contributed by atoms with Gasteiger partial charge in [0, 0.05) is 6.07 Å². The second kappa shape index (κ2) is 7.09. The van der Waals surface area contributed by atoms with Crippen LogP contribution in [0.1, 0.15) is 31.7 Å². The summed E-state index contributed by atoms with van der Waals surface area (Å²) in [6.07, 6.45) is 3.09. The van der Waals surface area contributed by atoms with E-state index in [0.29, 0.717) is 22.9 Å². The van der Waals surface area contributed by atoms with Crippen LogP contribution in [0, 0.1) is 17.2 Å². The average molecular weight is 287 g/mol. The Balaban J connectivity index is 2.07. The van der Waals surface area contributed by atoms with Gasteiger partial charge in [0.1, 0.15) is 5.75 Å². The highest BCUT2D eigenvalue weighted by Gasteiger charge is 2.26. The van der Waals surface area contributed by atoms with Crippen molar-refractivity contribution >= 4 is 11.6 Å². The van der Waals surface area contributed by atoms with Crippen molar-refractivity contribution in [3.63, 3.8) is 0 Å². The molecular weight excluding hydrogens is 266 g/mol. The standard InChI is InChI=1S/C16H21N3O2/c1-3-11-6-7-18-14(8-11)16(20)19-13-5-4-12(10-17)9-15(13)21-2/h4-5,9,11,14,18H,3,6-8H2,1-2H3,(H,19,20). The van der Waals surface area contributed by atoms with Gasteiger partial charge in [0.2, 0.25) is 5.91 Å². The number of rotatable bonds is 4. The Kier molecular flexibility index (Phi) is 5.18. The quantitative estimate of drug-likeness (QED) is 0.891. The molecule has 1 saturated heterocycles. The molecule has 2 atom stereocenters. The van der Waals surface area contributed by atoms with Crippen LogP contribution in [-0.2, 0) is 4.79 Å². The van der Waals surface area contributed by atoms with Gasteiger partial charge >= 0.3 is 0 Å². The normalized spacial score (nSPS) is 21.4. The number of hydrogen-bond acceptors (Lipinski definition) is 4. The van der Waals surface area contributed by atoms with Gasteiger partial charge in [-0.3, -0.25) is 4.79 Å². The van der Waals surface area contributed by atoms with Gasteiger partial charge in [-0.1, -0.05) is 13.3 Å². The molecule has 0 radical (unpaired) electrons. The van der Waals surface area contributed by atoms with Crippen LogP contribution in [0.2, 0.25) is 0 Å². The first-order valence-electron chi connectivity index (χ1n) is 7.30. The van der Waals surface area contributed by atoms with Crippen LogP contribution in [0.15, 0.2) is 18.2 Å². The Bertz CT molecular complexity index is 551. The molecule has 5 heteroatoms. The third kappa shape index (κ3) is 3.73. The van der Waals surface area contributed by atoms with Crippen molar-refractivity contribution < 1.29 is 9.53 Å². The predicted octanol–water partition coefficient (Wildman–Crippen LogP) is 2.28. The molecule has 1 aliphatic rings. The zero-order chi connectivity index (χ0) is 15.2. The number of nitriles is 1. The lowest BCUT2D eigenvalue weighted by Gasteiger charge is -2.29. The molecule has 1 aromatic rings. The molecular formula is C16H21N3O2. The zero-order valence-corrected chi connectivity index (χ0v) is 12.5. The monoisotopic (exact) mass is 287 g/mol. The third-order valence-electron chi connectivity index (χ3n) is 3.99. The van der Waals surface area contributed by atoms with Crippen LogP contribution in [-0.4, -0.2) is 25.6 Å². The number of benzene rings is 1. The van der Waals surface area contributed by atoms with Crippen LogP contribution < -0.4 is 15.4 Å². The largest absolute Gasteiger partial charge is 0.495 e. The van der Waals surface area contributed by atoms with Gasteiger partial charge < -0.3 is 15.4 Å². The fourth-order valence-corrected chi connectivity index (χ4v) is 2.65. The lowest BCUT2D eigenvalue weighted by molar-refractivity contribution is -0.119. The van der Waals surface area contributed by atoms with E-state index in [1.54, 1.807) is 18.2 Å². The molecule has 1 fully saturated rings. The summed E-state index contributed by atoms with van der Waals surface area (Å²) in [4.78, 5) is 12.4. The first kappa shape index (κ1) is 15.3. The van der Waals surface area contributed by atoms with E-state index in [2.05, 4.69) is 23.6 Å². The average Bonchev–Trinajstić information content (AvgIpc) is 2.55. The van der Waals surface area contributed by atoms with E-state index in [4.69, 9.17) is 10.00 Å². The summed E-state index contributed by atoms with van der Waals surface area (Å²) in [5.41, 5.74) is 1.11. The number of methoxy groups -OCH3 is 1. The first-order valence-corrected chi connectivity index (χ1v) is 7.30. The van der Waals surface area contributed by atoms with Crippen LogP contribution in [0.3, 0.4) is 0 Å². The number of hydrogen-bond donors (Lipinski definition) is 2. The summed E-state index contributed by atoms with van der Waals surface area (Å²) < 4.78 is 5.23. The number of amides is 1. The van der Waals surface area contributed by atoms with E-state index in [-0.39, 0.29) is 11.9 Å². The maximum atomic E-state index is 12.4. The molecule has 1 aliphatic heterocycles. The fourth-order valence-electron chi connectivity index (χ4n) is 2.65. The van der Waals surface area contributed by atoms with Crippen molar-refractivity contribution in [1.82, 2.24) is 5.32 Å². The molecule has 0 saturated carbocycles. The summed E-state index contributed by atoms with van der Waals surface area (Å²) in [6, 6.07) is 6.89. The minimum absolute atomic E-state index is 0.0452. The van der Waals surface area contributed by atoms with Gasteiger partial charge in [-0.25, -0.2) is 0 Å². The van der Waals surface area contributed by atoms with Crippen LogP contribution in [0.5, 0.6) is 5.75 Å². The van der Waals surface area contributed by atoms with Crippen LogP contribution in [0.4, 0.5) is 5.69 Å². The minimum Gasteiger partial charge on any atom is -0.495 e. The molecule has 0 aliphatic carbocycles. The van der Waals surface area contributed by atoms with Crippen molar-refractivity contribution in [2.75, 3.05) is 19.0 Å². The van der Waals surface area contributed by atoms with Gasteiger partial charge in [0.15, 0.2) is 0 Å². The number of ether oxygens (including phenoxy) is 1. The minimum atomic E-state index is -0.163. The molecule has 0 spiro atoms. The van der Waals surface area contributed by atoms with E-state index in [9.17, 15) is 4.79 Å². The number of anilines is 1. The first-order chi connectivity index (χ1) is 10.2. The number of carbonyl (C=O) groups is 1. The topological polar surface area (TPSA) is 74.2 Å². The van der Waals surface area contributed by atoms with E-state index in [1.807, 2.05) is 0 Å². The molecule has 2 rings (SSSR count). The number of nitrogens with zero attached hydrogens (tertiary/aromatic N) is 1. The smallest absolute Gasteiger partial charge is 0.241 e. The fraction of sp³-hybridized carbons (Fsp3) is 0.500. The van der Waals surface area contributed by atoms with Crippen LogP contribution in [0.25, 0.3) is 0 Å². The predicted molar refractivity (Wildman–Crippen MR) is 81.1 cm³/mol. The molecule has 1 aromatic carbocycles. The van der Waals surface area contributed by atoms with E-state index in [0.717, 1.165) is 25.8 Å². The van der Waals surface area contributed by atoms with Crippen LogP contribution >= 0.6 is 0 Å². The van der Waals surface area contributed by atoms with Crippen molar-refractivity contribution in [1.29, 1.82) is 5.26 Å².